The molecule has 0 unspecified atom stereocenters. The molecule has 0 radical (unpaired) electrons. The van der Waals surface area contributed by atoms with Gasteiger partial charge in [-0.2, -0.15) is 0 Å². The SMILES string of the molecule is CC(C)c1ccc(C(=O)O)c([N+](=O)[O-])c1.[NaH]. The molecule has 0 atom stereocenters. The van der Waals surface area contributed by atoms with E-state index in [-0.39, 0.29) is 46.7 Å². The third-order valence-corrected chi connectivity index (χ3v) is 2.12. The first kappa shape index (κ1) is 15.1. The summed E-state index contributed by atoms with van der Waals surface area (Å²) in [5, 5.41) is 19.4. The number of rotatable bonds is 3. The van der Waals surface area contributed by atoms with Crippen molar-refractivity contribution in [1.82, 2.24) is 0 Å². The van der Waals surface area contributed by atoms with E-state index in [0.29, 0.717) is 0 Å². The third-order valence-electron chi connectivity index (χ3n) is 2.12. The van der Waals surface area contributed by atoms with Gasteiger partial charge in [-0.25, -0.2) is 4.79 Å². The van der Waals surface area contributed by atoms with Crippen molar-refractivity contribution in [3.63, 3.8) is 0 Å². The van der Waals surface area contributed by atoms with Crippen LogP contribution in [0.5, 0.6) is 0 Å². The molecule has 0 saturated carbocycles. The summed E-state index contributed by atoms with van der Waals surface area (Å²) in [5.74, 6) is -1.15. The summed E-state index contributed by atoms with van der Waals surface area (Å²) in [5.41, 5.74) is 0.129. The fourth-order valence-corrected chi connectivity index (χ4v) is 1.24. The third kappa shape index (κ3) is 3.30. The number of hydrogen-bond donors (Lipinski definition) is 1. The number of nitro groups is 1. The Bertz CT molecular complexity index is 417. The van der Waals surface area contributed by atoms with E-state index in [0.717, 1.165) is 5.56 Å². The zero-order chi connectivity index (χ0) is 11.6. The van der Waals surface area contributed by atoms with Crippen molar-refractivity contribution in [2.45, 2.75) is 19.8 Å². The first-order valence-electron chi connectivity index (χ1n) is 4.45. The van der Waals surface area contributed by atoms with Crippen molar-refractivity contribution < 1.29 is 14.8 Å². The summed E-state index contributed by atoms with van der Waals surface area (Å²) < 4.78 is 0. The van der Waals surface area contributed by atoms with Gasteiger partial charge >= 0.3 is 35.5 Å². The van der Waals surface area contributed by atoms with E-state index in [1.165, 1.54) is 12.1 Å². The number of carbonyl (C=O) groups is 1. The Hall–Kier alpha value is -0.910. The molecule has 0 aliphatic carbocycles. The van der Waals surface area contributed by atoms with Crippen LogP contribution in [0.1, 0.15) is 35.7 Å². The van der Waals surface area contributed by atoms with Crippen molar-refractivity contribution in [2.75, 3.05) is 0 Å². The van der Waals surface area contributed by atoms with E-state index in [1.54, 1.807) is 6.07 Å². The first-order valence-corrected chi connectivity index (χ1v) is 4.45. The molecule has 16 heavy (non-hydrogen) atoms. The number of nitrogens with zero attached hydrogens (tertiary/aromatic N) is 1. The average Bonchev–Trinajstić information content (AvgIpc) is 2.16. The Labute approximate surface area is 115 Å². The Kier molecular flexibility index (Phi) is 5.64. The van der Waals surface area contributed by atoms with E-state index < -0.39 is 10.9 Å². The summed E-state index contributed by atoms with van der Waals surface area (Å²) in [7, 11) is 0. The predicted molar refractivity (Wildman–Crippen MR) is 61.3 cm³/mol. The number of hydrogen-bond acceptors (Lipinski definition) is 3. The molecule has 82 valence electrons. The summed E-state index contributed by atoms with van der Waals surface area (Å²) in [4.78, 5) is 20.7. The van der Waals surface area contributed by atoms with Crippen LogP contribution in [-0.2, 0) is 0 Å². The molecule has 1 aromatic rings. The van der Waals surface area contributed by atoms with Gasteiger partial charge in [-0.3, -0.25) is 10.1 Å². The minimum absolute atomic E-state index is 0. The van der Waals surface area contributed by atoms with Crippen LogP contribution in [0.3, 0.4) is 0 Å². The Morgan fingerprint density at radius 3 is 2.38 bits per heavy atom. The van der Waals surface area contributed by atoms with Gasteiger partial charge in [0.1, 0.15) is 5.56 Å². The van der Waals surface area contributed by atoms with E-state index in [9.17, 15) is 14.9 Å². The fraction of sp³-hybridized carbons (Fsp3) is 0.300. The van der Waals surface area contributed by atoms with Gasteiger partial charge < -0.3 is 5.11 Å². The van der Waals surface area contributed by atoms with Gasteiger partial charge in [0.15, 0.2) is 0 Å². The summed E-state index contributed by atoms with van der Waals surface area (Å²) in [6.07, 6.45) is 0. The van der Waals surface area contributed by atoms with Gasteiger partial charge in [0.25, 0.3) is 5.69 Å². The summed E-state index contributed by atoms with van der Waals surface area (Å²) in [6, 6.07) is 4.19. The van der Waals surface area contributed by atoms with Crippen molar-refractivity contribution in [1.29, 1.82) is 0 Å². The van der Waals surface area contributed by atoms with Gasteiger partial charge in [-0.15, -0.1) is 0 Å². The van der Waals surface area contributed by atoms with E-state index in [1.807, 2.05) is 13.8 Å². The topological polar surface area (TPSA) is 80.4 Å². The Morgan fingerprint density at radius 1 is 1.44 bits per heavy atom. The monoisotopic (exact) mass is 233 g/mol. The molecular weight excluding hydrogens is 221 g/mol. The van der Waals surface area contributed by atoms with Crippen molar-refractivity contribution in [3.05, 3.63) is 39.4 Å². The second-order valence-electron chi connectivity index (χ2n) is 3.49. The normalized spacial score (nSPS) is 9.69. The standard InChI is InChI=1S/C10H11NO4.Na.H/c1-6(2)7-3-4-8(10(12)13)9(5-7)11(14)15;;/h3-6H,1-2H3,(H,12,13);;. The molecule has 0 aromatic heterocycles. The number of aromatic carboxylic acids is 1. The molecule has 1 aromatic carbocycles. The Balaban J connectivity index is 0.00000225. The van der Waals surface area contributed by atoms with Crippen molar-refractivity contribution in [2.24, 2.45) is 0 Å². The van der Waals surface area contributed by atoms with Crippen LogP contribution < -0.4 is 0 Å². The Morgan fingerprint density at radius 2 is 2.00 bits per heavy atom. The fourth-order valence-electron chi connectivity index (χ4n) is 1.24. The molecule has 1 rings (SSSR count). The van der Waals surface area contributed by atoms with Gasteiger partial charge in [-0.1, -0.05) is 19.9 Å². The zero-order valence-corrected chi connectivity index (χ0v) is 8.43. The minimum atomic E-state index is -1.28. The number of nitro benzene ring substituents is 1. The first-order chi connectivity index (χ1) is 6.93. The molecule has 0 saturated heterocycles. The average molecular weight is 233 g/mol. The van der Waals surface area contributed by atoms with Crippen LogP contribution in [0.4, 0.5) is 5.69 Å². The van der Waals surface area contributed by atoms with E-state index >= 15 is 0 Å². The molecule has 0 amide bonds. The van der Waals surface area contributed by atoms with Gasteiger partial charge in [0.05, 0.1) is 4.92 Å². The van der Waals surface area contributed by atoms with Crippen LogP contribution in [0.2, 0.25) is 0 Å². The second kappa shape index (κ2) is 5.98. The quantitative estimate of drug-likeness (QED) is 0.490. The van der Waals surface area contributed by atoms with Gasteiger partial charge in [0, 0.05) is 6.07 Å². The molecule has 1 N–H and O–H groups in total. The maximum atomic E-state index is 10.7. The molecule has 0 spiro atoms. The molecular formula is C10H12NNaO4. The molecule has 0 heterocycles. The van der Waals surface area contributed by atoms with Crippen LogP contribution in [0.15, 0.2) is 18.2 Å². The van der Waals surface area contributed by atoms with Gasteiger partial charge in [-0.05, 0) is 17.5 Å². The number of carboxylic acids is 1. The van der Waals surface area contributed by atoms with E-state index in [4.69, 9.17) is 5.11 Å². The van der Waals surface area contributed by atoms with Gasteiger partial charge in [0.2, 0.25) is 0 Å². The number of carboxylic acid groups (broad SMARTS) is 1. The molecule has 0 bridgehead atoms. The second-order valence-corrected chi connectivity index (χ2v) is 3.49. The molecule has 0 aliphatic rings. The molecule has 5 nitrogen and oxygen atoms in total. The summed E-state index contributed by atoms with van der Waals surface area (Å²) in [6.45, 7) is 3.78. The van der Waals surface area contributed by atoms with Crippen LogP contribution >= 0.6 is 0 Å². The predicted octanol–water partition coefficient (Wildman–Crippen LogP) is 1.77. The summed E-state index contributed by atoms with van der Waals surface area (Å²) >= 11 is 0. The van der Waals surface area contributed by atoms with Crippen LogP contribution in [0, 0.1) is 10.1 Å². The number of benzene rings is 1. The van der Waals surface area contributed by atoms with Crippen molar-refractivity contribution in [3.8, 4) is 0 Å². The molecule has 6 heteroatoms. The molecule has 0 aliphatic heterocycles. The zero-order valence-electron chi connectivity index (χ0n) is 8.43. The van der Waals surface area contributed by atoms with Crippen LogP contribution in [-0.4, -0.2) is 45.6 Å². The van der Waals surface area contributed by atoms with Crippen LogP contribution in [0.25, 0.3) is 0 Å². The maximum absolute atomic E-state index is 10.7. The molecule has 0 fully saturated rings. The van der Waals surface area contributed by atoms with E-state index in [2.05, 4.69) is 0 Å². The van der Waals surface area contributed by atoms with Crippen molar-refractivity contribution >= 4 is 41.2 Å².